The second kappa shape index (κ2) is 5.79. The van der Waals surface area contributed by atoms with Gasteiger partial charge in [-0.25, -0.2) is 0 Å². The standard InChI is InChI=1S/C14H15Cl2NO/c1-9-3-5-12(18-9)8-17-10(2)13-7-11(15)4-6-14(13)16/h3-7,10,17H,8H2,1-2H3. The number of furan rings is 1. The zero-order chi connectivity index (χ0) is 13.1. The van der Waals surface area contributed by atoms with Crippen LogP contribution in [-0.4, -0.2) is 0 Å². The van der Waals surface area contributed by atoms with E-state index in [1.165, 1.54) is 0 Å². The molecule has 1 unspecified atom stereocenters. The smallest absolute Gasteiger partial charge is 0.117 e. The third kappa shape index (κ3) is 3.29. The van der Waals surface area contributed by atoms with Gasteiger partial charge in [0.05, 0.1) is 6.54 Å². The van der Waals surface area contributed by atoms with Gasteiger partial charge in [-0.3, -0.25) is 0 Å². The number of rotatable bonds is 4. The van der Waals surface area contributed by atoms with Crippen LogP contribution < -0.4 is 5.32 Å². The number of aryl methyl sites for hydroxylation is 1. The third-order valence-corrected chi connectivity index (χ3v) is 3.38. The summed E-state index contributed by atoms with van der Waals surface area (Å²) in [6.45, 7) is 4.64. The number of hydrogen-bond acceptors (Lipinski definition) is 2. The van der Waals surface area contributed by atoms with Crippen LogP contribution in [0.2, 0.25) is 10.0 Å². The van der Waals surface area contributed by atoms with Gasteiger partial charge in [-0.05, 0) is 49.7 Å². The molecule has 0 spiro atoms. The summed E-state index contributed by atoms with van der Waals surface area (Å²) in [7, 11) is 0. The first-order chi connectivity index (χ1) is 8.56. The molecule has 0 saturated carbocycles. The molecule has 96 valence electrons. The van der Waals surface area contributed by atoms with E-state index in [4.69, 9.17) is 27.6 Å². The van der Waals surface area contributed by atoms with E-state index >= 15 is 0 Å². The highest BCUT2D eigenvalue weighted by molar-refractivity contribution is 6.33. The van der Waals surface area contributed by atoms with Gasteiger partial charge in [0.1, 0.15) is 11.5 Å². The first-order valence-corrected chi connectivity index (χ1v) is 6.55. The van der Waals surface area contributed by atoms with Gasteiger partial charge < -0.3 is 9.73 Å². The summed E-state index contributed by atoms with van der Waals surface area (Å²) in [5, 5.41) is 4.77. The zero-order valence-corrected chi connectivity index (χ0v) is 11.8. The molecule has 1 atom stereocenters. The highest BCUT2D eigenvalue weighted by Crippen LogP contribution is 2.26. The molecule has 2 nitrogen and oxygen atoms in total. The van der Waals surface area contributed by atoms with Crippen molar-refractivity contribution < 1.29 is 4.42 Å². The summed E-state index contributed by atoms with van der Waals surface area (Å²) in [4.78, 5) is 0. The van der Waals surface area contributed by atoms with Gasteiger partial charge in [0.15, 0.2) is 0 Å². The van der Waals surface area contributed by atoms with Gasteiger partial charge in [0, 0.05) is 16.1 Å². The van der Waals surface area contributed by atoms with Gasteiger partial charge in [-0.2, -0.15) is 0 Å². The minimum atomic E-state index is 0.113. The predicted molar refractivity (Wildman–Crippen MR) is 75.2 cm³/mol. The van der Waals surface area contributed by atoms with Crippen LogP contribution in [0.15, 0.2) is 34.7 Å². The topological polar surface area (TPSA) is 25.2 Å². The van der Waals surface area contributed by atoms with Crippen LogP contribution >= 0.6 is 23.2 Å². The molecule has 1 aromatic heterocycles. The van der Waals surface area contributed by atoms with E-state index in [9.17, 15) is 0 Å². The minimum absolute atomic E-state index is 0.113. The average molecular weight is 284 g/mol. The first-order valence-electron chi connectivity index (χ1n) is 5.80. The van der Waals surface area contributed by atoms with Gasteiger partial charge in [0.25, 0.3) is 0 Å². The van der Waals surface area contributed by atoms with E-state index in [1.807, 2.05) is 38.1 Å². The highest BCUT2D eigenvalue weighted by atomic mass is 35.5. The van der Waals surface area contributed by atoms with E-state index in [1.54, 1.807) is 6.07 Å². The monoisotopic (exact) mass is 283 g/mol. The van der Waals surface area contributed by atoms with Crippen LogP contribution in [0, 0.1) is 6.92 Å². The summed E-state index contributed by atoms with van der Waals surface area (Å²) < 4.78 is 5.50. The fourth-order valence-electron chi connectivity index (χ4n) is 1.79. The maximum Gasteiger partial charge on any atom is 0.117 e. The van der Waals surface area contributed by atoms with Crippen molar-refractivity contribution in [2.45, 2.75) is 26.4 Å². The maximum atomic E-state index is 6.15. The van der Waals surface area contributed by atoms with Crippen molar-refractivity contribution in [3.63, 3.8) is 0 Å². The van der Waals surface area contributed by atoms with E-state index in [-0.39, 0.29) is 6.04 Å². The van der Waals surface area contributed by atoms with Crippen LogP contribution in [-0.2, 0) is 6.54 Å². The van der Waals surface area contributed by atoms with Crippen LogP contribution in [0.25, 0.3) is 0 Å². The Bertz CT molecular complexity index is 536. The van der Waals surface area contributed by atoms with E-state index in [0.717, 1.165) is 22.1 Å². The molecule has 18 heavy (non-hydrogen) atoms. The predicted octanol–water partition coefficient (Wildman–Crippen LogP) is 4.75. The van der Waals surface area contributed by atoms with Crippen molar-refractivity contribution in [1.82, 2.24) is 5.32 Å². The molecule has 4 heteroatoms. The Morgan fingerprint density at radius 1 is 1.22 bits per heavy atom. The van der Waals surface area contributed by atoms with Crippen molar-refractivity contribution in [2.75, 3.05) is 0 Å². The van der Waals surface area contributed by atoms with E-state index in [2.05, 4.69) is 5.32 Å². The normalized spacial score (nSPS) is 12.7. The maximum absolute atomic E-state index is 6.15. The zero-order valence-electron chi connectivity index (χ0n) is 10.3. The molecule has 1 heterocycles. The van der Waals surface area contributed by atoms with Gasteiger partial charge in [-0.1, -0.05) is 23.2 Å². The van der Waals surface area contributed by atoms with Crippen LogP contribution in [0.5, 0.6) is 0 Å². The Morgan fingerprint density at radius 3 is 2.67 bits per heavy atom. The fourth-order valence-corrected chi connectivity index (χ4v) is 2.25. The van der Waals surface area contributed by atoms with Gasteiger partial charge in [0.2, 0.25) is 0 Å². The van der Waals surface area contributed by atoms with E-state index < -0.39 is 0 Å². The Morgan fingerprint density at radius 2 is 2.00 bits per heavy atom. The number of halogens is 2. The second-order valence-corrected chi connectivity index (χ2v) is 5.12. The molecule has 1 aromatic carbocycles. The summed E-state index contributed by atoms with van der Waals surface area (Å²) in [6.07, 6.45) is 0. The lowest BCUT2D eigenvalue weighted by Gasteiger charge is -2.15. The van der Waals surface area contributed by atoms with Crippen molar-refractivity contribution in [3.8, 4) is 0 Å². The average Bonchev–Trinajstić information content (AvgIpc) is 2.75. The Balaban J connectivity index is 2.03. The number of hydrogen-bond donors (Lipinski definition) is 1. The minimum Gasteiger partial charge on any atom is -0.465 e. The summed E-state index contributed by atoms with van der Waals surface area (Å²) in [5.74, 6) is 1.83. The summed E-state index contributed by atoms with van der Waals surface area (Å²) in [6, 6.07) is 9.52. The van der Waals surface area contributed by atoms with Crippen LogP contribution in [0.4, 0.5) is 0 Å². The molecule has 0 fully saturated rings. The molecule has 0 bridgehead atoms. The Labute approximate surface area is 117 Å². The molecule has 0 aliphatic carbocycles. The van der Waals surface area contributed by atoms with Crippen molar-refractivity contribution >= 4 is 23.2 Å². The Kier molecular flexibility index (Phi) is 4.33. The quantitative estimate of drug-likeness (QED) is 0.876. The summed E-state index contributed by atoms with van der Waals surface area (Å²) in [5.41, 5.74) is 0.993. The lowest BCUT2D eigenvalue weighted by molar-refractivity contribution is 0.444. The van der Waals surface area contributed by atoms with Crippen LogP contribution in [0.1, 0.15) is 30.0 Å². The molecule has 0 saturated heterocycles. The molecule has 0 radical (unpaired) electrons. The van der Waals surface area contributed by atoms with E-state index in [0.29, 0.717) is 11.6 Å². The molecular formula is C14H15Cl2NO. The van der Waals surface area contributed by atoms with Crippen molar-refractivity contribution in [2.24, 2.45) is 0 Å². The molecule has 0 aliphatic heterocycles. The number of benzene rings is 1. The molecule has 2 aromatic rings. The fraction of sp³-hybridized carbons (Fsp3) is 0.286. The molecule has 0 aliphatic rings. The van der Waals surface area contributed by atoms with Crippen molar-refractivity contribution in [1.29, 1.82) is 0 Å². The lowest BCUT2D eigenvalue weighted by Crippen LogP contribution is -2.18. The van der Waals surface area contributed by atoms with Crippen LogP contribution in [0.3, 0.4) is 0 Å². The molecule has 0 amide bonds. The number of nitrogens with one attached hydrogen (secondary N) is 1. The molecular weight excluding hydrogens is 269 g/mol. The third-order valence-electron chi connectivity index (χ3n) is 2.80. The molecule has 1 N–H and O–H groups in total. The summed E-state index contributed by atoms with van der Waals surface area (Å²) >= 11 is 12.1. The Hall–Kier alpha value is -0.960. The van der Waals surface area contributed by atoms with Gasteiger partial charge >= 0.3 is 0 Å². The highest BCUT2D eigenvalue weighted by Gasteiger charge is 2.10. The molecule has 2 rings (SSSR count). The first kappa shape index (κ1) is 13.5. The SMILES string of the molecule is Cc1ccc(CNC(C)c2cc(Cl)ccc2Cl)o1. The second-order valence-electron chi connectivity index (χ2n) is 4.28. The van der Waals surface area contributed by atoms with Gasteiger partial charge in [-0.15, -0.1) is 0 Å². The largest absolute Gasteiger partial charge is 0.465 e. The van der Waals surface area contributed by atoms with Crippen molar-refractivity contribution in [3.05, 3.63) is 57.5 Å². The lowest BCUT2D eigenvalue weighted by atomic mass is 10.1.